The maximum absolute atomic E-state index is 12.0. The standard InChI is InChI=1S/C12H18N4OS/c13-9-2-1-8(5-9)11(17)15-6-10-7-18-12-14-3-4-16(10)12/h7-9H,1-6,13H2,(H,15,17)/t8-,9+/m1/s1. The number of nitrogens with zero attached hydrogens (tertiary/aromatic N) is 2. The van der Waals surface area contributed by atoms with Crippen LogP contribution in [0.1, 0.15) is 19.3 Å². The number of carbonyl (C=O) groups excluding carboxylic acids is 1. The first-order valence-electron chi connectivity index (χ1n) is 6.45. The maximum Gasteiger partial charge on any atom is 0.223 e. The Hall–Kier alpha value is -1.01. The SMILES string of the molecule is N[C@H]1CC[C@@H](C(=O)NCC2=CSC3=NCCN23)C1. The lowest BCUT2D eigenvalue weighted by Gasteiger charge is -2.18. The number of fused-ring (bicyclic) bond motifs is 1. The summed E-state index contributed by atoms with van der Waals surface area (Å²) in [5, 5.41) is 6.18. The fourth-order valence-electron chi connectivity index (χ4n) is 2.69. The molecule has 5 nitrogen and oxygen atoms in total. The van der Waals surface area contributed by atoms with Gasteiger partial charge in [0.15, 0.2) is 5.17 Å². The summed E-state index contributed by atoms with van der Waals surface area (Å²) in [5.74, 6) is 0.264. The van der Waals surface area contributed by atoms with Crippen LogP contribution in [0.5, 0.6) is 0 Å². The minimum absolute atomic E-state index is 0.112. The third-order valence-corrected chi connectivity index (χ3v) is 4.69. The normalized spacial score (nSPS) is 30.2. The predicted octanol–water partition coefficient (Wildman–Crippen LogP) is 0.490. The van der Waals surface area contributed by atoms with E-state index in [4.69, 9.17) is 5.73 Å². The molecule has 1 aliphatic carbocycles. The molecule has 0 aromatic heterocycles. The Kier molecular flexibility index (Phi) is 3.30. The Balaban J connectivity index is 1.50. The van der Waals surface area contributed by atoms with Gasteiger partial charge in [-0.05, 0) is 19.3 Å². The fraction of sp³-hybridized carbons (Fsp3) is 0.667. The largest absolute Gasteiger partial charge is 0.350 e. The predicted molar refractivity (Wildman–Crippen MR) is 73.0 cm³/mol. The molecule has 3 aliphatic rings. The van der Waals surface area contributed by atoms with E-state index in [2.05, 4.69) is 20.6 Å². The molecule has 6 heteroatoms. The number of thioether (sulfide) groups is 1. The second-order valence-corrected chi connectivity index (χ2v) is 5.87. The van der Waals surface area contributed by atoms with Crippen molar-refractivity contribution in [3.05, 3.63) is 11.1 Å². The molecule has 0 saturated heterocycles. The van der Waals surface area contributed by atoms with E-state index in [1.54, 1.807) is 11.8 Å². The summed E-state index contributed by atoms with van der Waals surface area (Å²) in [6.45, 7) is 2.42. The van der Waals surface area contributed by atoms with Crippen molar-refractivity contribution >= 4 is 22.8 Å². The number of rotatable bonds is 3. The second-order valence-electron chi connectivity index (χ2n) is 5.03. The van der Waals surface area contributed by atoms with Crippen molar-refractivity contribution in [2.45, 2.75) is 25.3 Å². The third-order valence-electron chi connectivity index (χ3n) is 3.74. The molecule has 1 amide bonds. The van der Waals surface area contributed by atoms with Crippen LogP contribution in [-0.2, 0) is 4.79 Å². The number of hydrogen-bond acceptors (Lipinski definition) is 5. The number of aliphatic imine (C=N–C) groups is 1. The second kappa shape index (κ2) is 4.93. The van der Waals surface area contributed by atoms with Gasteiger partial charge in [0.05, 0.1) is 13.1 Å². The molecule has 18 heavy (non-hydrogen) atoms. The molecule has 0 radical (unpaired) electrons. The lowest BCUT2D eigenvalue weighted by molar-refractivity contribution is -0.124. The summed E-state index contributed by atoms with van der Waals surface area (Å²) in [4.78, 5) is 18.6. The summed E-state index contributed by atoms with van der Waals surface area (Å²) in [7, 11) is 0. The Morgan fingerprint density at radius 3 is 3.28 bits per heavy atom. The van der Waals surface area contributed by atoms with Crippen LogP contribution in [0.15, 0.2) is 16.1 Å². The van der Waals surface area contributed by atoms with Crippen LogP contribution in [0, 0.1) is 5.92 Å². The van der Waals surface area contributed by atoms with E-state index in [1.165, 1.54) is 0 Å². The molecule has 3 N–H and O–H groups in total. The van der Waals surface area contributed by atoms with Crippen LogP contribution in [0.2, 0.25) is 0 Å². The highest BCUT2D eigenvalue weighted by Gasteiger charge is 2.29. The van der Waals surface area contributed by atoms with Crippen molar-refractivity contribution in [1.29, 1.82) is 0 Å². The number of nitrogens with two attached hydrogens (primary N) is 1. The Labute approximate surface area is 111 Å². The number of amidine groups is 1. The van der Waals surface area contributed by atoms with Crippen LogP contribution < -0.4 is 11.1 Å². The van der Waals surface area contributed by atoms with E-state index in [0.29, 0.717) is 6.54 Å². The Morgan fingerprint density at radius 1 is 1.61 bits per heavy atom. The smallest absolute Gasteiger partial charge is 0.223 e. The Morgan fingerprint density at radius 2 is 2.50 bits per heavy atom. The molecule has 0 unspecified atom stereocenters. The quantitative estimate of drug-likeness (QED) is 0.780. The fourth-order valence-corrected chi connectivity index (χ4v) is 3.65. The Bertz CT molecular complexity index is 420. The van der Waals surface area contributed by atoms with Crippen LogP contribution >= 0.6 is 11.8 Å². The molecule has 0 aromatic carbocycles. The monoisotopic (exact) mass is 266 g/mol. The van der Waals surface area contributed by atoms with Gasteiger partial charge in [-0.15, -0.1) is 0 Å². The highest BCUT2D eigenvalue weighted by molar-refractivity contribution is 8.16. The number of carbonyl (C=O) groups is 1. The summed E-state index contributed by atoms with van der Waals surface area (Å²) in [6.07, 6.45) is 2.73. The number of hydrogen-bond donors (Lipinski definition) is 2. The zero-order chi connectivity index (χ0) is 12.5. The van der Waals surface area contributed by atoms with E-state index >= 15 is 0 Å². The summed E-state index contributed by atoms with van der Waals surface area (Å²) in [6, 6.07) is 0.208. The minimum Gasteiger partial charge on any atom is -0.350 e. The van der Waals surface area contributed by atoms with Gasteiger partial charge in [-0.1, -0.05) is 11.8 Å². The van der Waals surface area contributed by atoms with Crippen molar-refractivity contribution < 1.29 is 4.79 Å². The van der Waals surface area contributed by atoms with Gasteiger partial charge in [-0.25, -0.2) is 0 Å². The molecule has 0 aromatic rings. The van der Waals surface area contributed by atoms with E-state index < -0.39 is 0 Å². The van der Waals surface area contributed by atoms with Gasteiger partial charge in [-0.2, -0.15) is 0 Å². The molecular formula is C12H18N4OS. The van der Waals surface area contributed by atoms with E-state index in [1.807, 2.05) is 0 Å². The molecule has 3 rings (SSSR count). The van der Waals surface area contributed by atoms with E-state index in [9.17, 15) is 4.79 Å². The summed E-state index contributed by atoms with van der Waals surface area (Å²) >= 11 is 1.65. The van der Waals surface area contributed by atoms with Crippen molar-refractivity contribution in [2.24, 2.45) is 16.6 Å². The van der Waals surface area contributed by atoms with E-state index in [-0.39, 0.29) is 17.9 Å². The molecule has 1 fully saturated rings. The van der Waals surface area contributed by atoms with Gasteiger partial charge < -0.3 is 16.0 Å². The third kappa shape index (κ3) is 2.27. The molecule has 2 heterocycles. The van der Waals surface area contributed by atoms with Crippen molar-refractivity contribution in [1.82, 2.24) is 10.2 Å². The van der Waals surface area contributed by atoms with Crippen molar-refractivity contribution in [3.8, 4) is 0 Å². The topological polar surface area (TPSA) is 70.7 Å². The lowest BCUT2D eigenvalue weighted by Crippen LogP contribution is -2.35. The first-order valence-corrected chi connectivity index (χ1v) is 7.33. The van der Waals surface area contributed by atoms with Crippen molar-refractivity contribution in [3.63, 3.8) is 0 Å². The highest BCUT2D eigenvalue weighted by Crippen LogP contribution is 2.29. The average Bonchev–Trinajstić information content (AvgIpc) is 3.02. The zero-order valence-corrected chi connectivity index (χ0v) is 11.1. The average molecular weight is 266 g/mol. The highest BCUT2D eigenvalue weighted by atomic mass is 32.2. The lowest BCUT2D eigenvalue weighted by atomic mass is 10.1. The first kappa shape index (κ1) is 12.0. The summed E-state index contributed by atoms with van der Waals surface area (Å²) < 4.78 is 0. The molecule has 0 bridgehead atoms. The zero-order valence-electron chi connectivity index (χ0n) is 10.3. The molecule has 2 aliphatic heterocycles. The van der Waals surface area contributed by atoms with Gasteiger partial charge in [0.25, 0.3) is 0 Å². The maximum atomic E-state index is 12.0. The molecular weight excluding hydrogens is 248 g/mol. The molecule has 1 saturated carbocycles. The van der Waals surface area contributed by atoms with E-state index in [0.717, 1.165) is 43.2 Å². The minimum atomic E-state index is 0.112. The summed E-state index contributed by atoms with van der Waals surface area (Å²) in [5.41, 5.74) is 6.99. The van der Waals surface area contributed by atoms with Gasteiger partial charge in [0.2, 0.25) is 5.91 Å². The number of amides is 1. The molecule has 0 spiro atoms. The molecule has 98 valence electrons. The van der Waals surface area contributed by atoms with Crippen LogP contribution in [0.3, 0.4) is 0 Å². The van der Waals surface area contributed by atoms with Crippen LogP contribution in [0.4, 0.5) is 0 Å². The first-order chi connectivity index (χ1) is 8.74. The van der Waals surface area contributed by atoms with Crippen molar-refractivity contribution in [2.75, 3.05) is 19.6 Å². The van der Waals surface area contributed by atoms with Gasteiger partial charge >= 0.3 is 0 Å². The van der Waals surface area contributed by atoms with Crippen LogP contribution in [0.25, 0.3) is 0 Å². The van der Waals surface area contributed by atoms with Gasteiger partial charge in [0.1, 0.15) is 0 Å². The van der Waals surface area contributed by atoms with Gasteiger partial charge in [0, 0.05) is 29.6 Å². The number of nitrogens with one attached hydrogen (secondary N) is 1. The van der Waals surface area contributed by atoms with Crippen LogP contribution in [-0.4, -0.2) is 41.7 Å². The molecule has 2 atom stereocenters. The van der Waals surface area contributed by atoms with Gasteiger partial charge in [-0.3, -0.25) is 9.79 Å².